The number of ether oxygens (including phenoxy) is 2. The third-order valence-electron chi connectivity index (χ3n) is 4.19. The van der Waals surface area contributed by atoms with Crippen LogP contribution < -0.4 is 20.7 Å². The number of alkyl halides is 2. The lowest BCUT2D eigenvalue weighted by Gasteiger charge is -2.26. The van der Waals surface area contributed by atoms with Crippen molar-refractivity contribution in [3.63, 3.8) is 0 Å². The molecule has 2 atom stereocenters. The number of benzene rings is 2. The van der Waals surface area contributed by atoms with Crippen LogP contribution in [0.2, 0.25) is 0 Å². The Kier molecular flexibility index (Phi) is 5.63. The highest BCUT2D eigenvalue weighted by molar-refractivity contribution is 7.28. The Bertz CT molecular complexity index is 984. The van der Waals surface area contributed by atoms with Gasteiger partial charge in [-0.1, -0.05) is 0 Å². The van der Waals surface area contributed by atoms with Gasteiger partial charge in [-0.25, -0.2) is 13.2 Å². The highest BCUT2D eigenvalue weighted by atomic mass is 31.0. The fraction of sp³-hybridized carbons (Fsp3) is 0.235. The quantitative estimate of drug-likeness (QED) is 0.455. The Hall–Kier alpha value is -1.82. The molecule has 0 radical (unpaired) electrons. The second-order valence-electron chi connectivity index (χ2n) is 5.96. The number of halogens is 5. The van der Waals surface area contributed by atoms with Crippen LogP contribution >= 0.6 is 18.5 Å². The van der Waals surface area contributed by atoms with E-state index in [1.165, 1.54) is 7.11 Å². The fourth-order valence-corrected chi connectivity index (χ4v) is 3.56. The molecule has 0 saturated carbocycles. The van der Waals surface area contributed by atoms with Gasteiger partial charge >= 0.3 is 12.0 Å². The van der Waals surface area contributed by atoms with Crippen molar-refractivity contribution >= 4 is 40.7 Å². The summed E-state index contributed by atoms with van der Waals surface area (Å²) in [5, 5.41) is 1.71. The van der Waals surface area contributed by atoms with E-state index in [4.69, 9.17) is 4.74 Å². The number of rotatable bonds is 4. The van der Waals surface area contributed by atoms with Crippen molar-refractivity contribution in [2.75, 3.05) is 19.0 Å². The summed E-state index contributed by atoms with van der Waals surface area (Å²) in [4.78, 5) is 11.4. The summed E-state index contributed by atoms with van der Waals surface area (Å²) < 4.78 is 80.1. The van der Waals surface area contributed by atoms with Crippen molar-refractivity contribution in [1.29, 1.82) is 0 Å². The fourth-order valence-electron chi connectivity index (χ4n) is 2.78. The monoisotopic (exact) mass is 437 g/mol. The van der Waals surface area contributed by atoms with Gasteiger partial charge in [0.15, 0.2) is 17.4 Å². The lowest BCUT2D eigenvalue weighted by atomic mass is 9.98. The molecule has 2 unspecified atom stereocenters. The van der Waals surface area contributed by atoms with Crippen molar-refractivity contribution in [2.24, 2.45) is 0 Å². The maximum Gasteiger partial charge on any atom is 0.482 e. The first-order chi connectivity index (χ1) is 13.1. The van der Waals surface area contributed by atoms with E-state index in [-0.39, 0.29) is 46.2 Å². The van der Waals surface area contributed by atoms with E-state index in [2.05, 4.69) is 14.0 Å². The molecule has 28 heavy (non-hydrogen) atoms. The van der Waals surface area contributed by atoms with Gasteiger partial charge in [-0.3, -0.25) is 4.79 Å². The number of hydrogen-bond acceptors (Lipinski definition) is 3. The van der Waals surface area contributed by atoms with Crippen molar-refractivity contribution in [2.45, 2.75) is 12.5 Å². The minimum Gasteiger partial charge on any atom is -0.423 e. The number of carbonyl (C=O) groups is 1. The van der Waals surface area contributed by atoms with Crippen LogP contribution in [0.4, 0.5) is 27.6 Å². The second-order valence-corrected chi connectivity index (χ2v) is 7.16. The van der Waals surface area contributed by atoms with E-state index in [0.717, 1.165) is 12.1 Å². The normalized spacial score (nSPS) is 15.1. The average molecular weight is 437 g/mol. The molecule has 3 rings (SSSR count). The zero-order valence-electron chi connectivity index (χ0n) is 14.3. The first-order valence-corrected chi connectivity index (χ1v) is 8.99. The Morgan fingerprint density at radius 1 is 1.14 bits per heavy atom. The van der Waals surface area contributed by atoms with Crippen LogP contribution in [0.25, 0.3) is 11.1 Å². The molecule has 0 aromatic heterocycles. The van der Waals surface area contributed by atoms with Crippen molar-refractivity contribution in [3.8, 4) is 16.9 Å². The van der Waals surface area contributed by atoms with Gasteiger partial charge in [-0.05, 0) is 29.4 Å². The van der Waals surface area contributed by atoms with E-state index in [1.807, 2.05) is 14.6 Å². The number of hydrogen-bond donors (Lipinski definition) is 1. The lowest BCUT2D eigenvalue weighted by Crippen LogP contribution is -2.43. The minimum atomic E-state index is -4.08. The van der Waals surface area contributed by atoms with E-state index >= 15 is 4.39 Å². The van der Waals surface area contributed by atoms with Gasteiger partial charge < -0.3 is 14.8 Å². The Morgan fingerprint density at radius 3 is 2.46 bits per heavy atom. The largest absolute Gasteiger partial charge is 0.482 e. The highest BCUT2D eigenvalue weighted by Gasteiger charge is 2.46. The zero-order chi connectivity index (χ0) is 20.8. The molecule has 1 N–H and O–H groups in total. The first-order valence-electron chi connectivity index (χ1n) is 7.84. The molecule has 1 amide bonds. The van der Waals surface area contributed by atoms with Crippen LogP contribution in [0.5, 0.6) is 5.75 Å². The van der Waals surface area contributed by atoms with E-state index in [0.29, 0.717) is 0 Å². The molecule has 0 aliphatic carbocycles. The zero-order valence-corrected chi connectivity index (χ0v) is 16.6. The number of carbonyl (C=O) groups excluding carboxylic acids is 1. The second kappa shape index (κ2) is 7.54. The SMILES string of the molecule is COCCc1c(F)c(-c2cc3c(cc2P)OC(F)(F)C(=O)N3)c(F)c(F)c1P. The molecule has 2 aromatic carbocycles. The number of nitrogens with one attached hydrogen (secondary N) is 1. The minimum absolute atomic E-state index is 0.0193. The summed E-state index contributed by atoms with van der Waals surface area (Å²) in [7, 11) is 5.46. The maximum atomic E-state index is 15.1. The molecular weight excluding hydrogens is 423 g/mol. The van der Waals surface area contributed by atoms with E-state index < -0.39 is 35.0 Å². The predicted octanol–water partition coefficient (Wildman–Crippen LogP) is 2.88. The van der Waals surface area contributed by atoms with Gasteiger partial charge in [0.25, 0.3) is 0 Å². The van der Waals surface area contributed by atoms with Crippen LogP contribution in [0.3, 0.4) is 0 Å². The summed E-state index contributed by atoms with van der Waals surface area (Å²) >= 11 is 0. The van der Waals surface area contributed by atoms with E-state index in [9.17, 15) is 22.4 Å². The molecular formula is C17H14F5NO3P2. The van der Waals surface area contributed by atoms with Crippen LogP contribution in [0, 0.1) is 17.5 Å². The van der Waals surface area contributed by atoms with Crippen LogP contribution in [-0.4, -0.2) is 25.7 Å². The van der Waals surface area contributed by atoms with Gasteiger partial charge in [0, 0.05) is 18.0 Å². The molecule has 0 bridgehead atoms. The number of amides is 1. The number of fused-ring (bicyclic) bond motifs is 1. The van der Waals surface area contributed by atoms with Gasteiger partial charge in [0.05, 0.1) is 17.9 Å². The Morgan fingerprint density at radius 2 is 1.82 bits per heavy atom. The van der Waals surface area contributed by atoms with Gasteiger partial charge in [0.2, 0.25) is 0 Å². The van der Waals surface area contributed by atoms with Crippen molar-refractivity contribution in [1.82, 2.24) is 0 Å². The summed E-state index contributed by atoms with van der Waals surface area (Å²) in [6.07, 6.45) is -4.10. The molecule has 11 heteroatoms. The van der Waals surface area contributed by atoms with Crippen molar-refractivity contribution < 1.29 is 36.2 Å². The molecule has 4 nitrogen and oxygen atoms in total. The van der Waals surface area contributed by atoms with Crippen LogP contribution in [0.1, 0.15) is 5.56 Å². The number of anilines is 1. The van der Waals surface area contributed by atoms with Crippen LogP contribution in [-0.2, 0) is 16.0 Å². The molecule has 150 valence electrons. The molecule has 1 heterocycles. The molecule has 2 aromatic rings. The highest BCUT2D eigenvalue weighted by Crippen LogP contribution is 2.39. The summed E-state index contributed by atoms with van der Waals surface area (Å²) in [6, 6.07) is 2.11. The summed E-state index contributed by atoms with van der Waals surface area (Å²) in [6.45, 7) is 0.0692. The molecule has 0 fully saturated rings. The third kappa shape index (κ3) is 3.47. The molecule has 0 spiro atoms. The smallest absolute Gasteiger partial charge is 0.423 e. The van der Waals surface area contributed by atoms with E-state index in [1.54, 1.807) is 0 Å². The summed E-state index contributed by atoms with van der Waals surface area (Å²) in [5.41, 5.74) is -1.15. The van der Waals surface area contributed by atoms with Gasteiger partial charge in [0.1, 0.15) is 5.82 Å². The Balaban J connectivity index is 2.21. The molecule has 1 aliphatic heterocycles. The standard InChI is InChI=1S/C17H14F5NO3P2/c1-25-3-2-6-12(18)11(13(19)14(20)15(6)28)7-4-8-9(5-10(7)27)26-17(21,22)16(24)23-8/h4-5H,2-3,27-28H2,1H3,(H,23,24). The van der Waals surface area contributed by atoms with Gasteiger partial charge in [-0.15, -0.1) is 18.5 Å². The average Bonchev–Trinajstić information content (AvgIpc) is 2.62. The van der Waals surface area contributed by atoms with Crippen LogP contribution in [0.15, 0.2) is 12.1 Å². The third-order valence-corrected chi connectivity index (χ3v) is 5.27. The van der Waals surface area contributed by atoms with Crippen molar-refractivity contribution in [3.05, 3.63) is 35.1 Å². The lowest BCUT2D eigenvalue weighted by molar-refractivity contribution is -0.189. The summed E-state index contributed by atoms with van der Waals surface area (Å²) in [5.74, 6) is -5.84. The maximum absolute atomic E-state index is 15.1. The number of methoxy groups -OCH3 is 1. The first kappa shape index (κ1) is 20.9. The predicted molar refractivity (Wildman–Crippen MR) is 100 cm³/mol. The topological polar surface area (TPSA) is 47.6 Å². The Labute approximate surface area is 161 Å². The molecule has 0 saturated heterocycles. The van der Waals surface area contributed by atoms with Gasteiger partial charge in [-0.2, -0.15) is 8.78 Å². The molecule has 1 aliphatic rings.